The van der Waals surface area contributed by atoms with Gasteiger partial charge in [-0.05, 0) is 48.6 Å². The van der Waals surface area contributed by atoms with Crippen molar-refractivity contribution in [2.45, 2.75) is 23.1 Å². The van der Waals surface area contributed by atoms with Crippen LogP contribution in [0.25, 0.3) is 11.0 Å². The Morgan fingerprint density at radius 3 is 2.70 bits per heavy atom. The van der Waals surface area contributed by atoms with Gasteiger partial charge >= 0.3 is 0 Å². The summed E-state index contributed by atoms with van der Waals surface area (Å²) in [7, 11) is -3.49. The van der Waals surface area contributed by atoms with E-state index in [4.69, 9.17) is 4.42 Å². The maximum atomic E-state index is 12.7. The molecule has 6 nitrogen and oxygen atoms in total. The quantitative estimate of drug-likeness (QED) is 0.630. The van der Waals surface area contributed by atoms with Crippen molar-refractivity contribution in [2.24, 2.45) is 0 Å². The number of piperidine rings is 1. The molecule has 0 bridgehead atoms. The molecule has 1 aliphatic rings. The van der Waals surface area contributed by atoms with Gasteiger partial charge in [-0.15, -0.1) is 11.3 Å². The lowest BCUT2D eigenvalue weighted by molar-refractivity contribution is 0.0681. The van der Waals surface area contributed by atoms with Gasteiger partial charge in [-0.3, -0.25) is 4.79 Å². The molecule has 0 saturated carbocycles. The van der Waals surface area contributed by atoms with Crippen molar-refractivity contribution in [3.63, 3.8) is 0 Å². The van der Waals surface area contributed by atoms with Crippen LogP contribution >= 0.6 is 27.3 Å². The van der Waals surface area contributed by atoms with Crippen LogP contribution in [0.4, 0.5) is 0 Å². The highest BCUT2D eigenvalue weighted by atomic mass is 79.9. The monoisotopic (exact) mass is 468 g/mol. The number of benzene rings is 1. The topological polar surface area (TPSA) is 79.6 Å². The van der Waals surface area contributed by atoms with E-state index >= 15 is 0 Å². The maximum absolute atomic E-state index is 12.7. The summed E-state index contributed by atoms with van der Waals surface area (Å²) in [6, 6.07) is 10.5. The molecule has 2 aromatic heterocycles. The second-order valence-corrected chi connectivity index (χ2v) is 10.2. The van der Waals surface area contributed by atoms with Gasteiger partial charge in [-0.1, -0.05) is 22.0 Å². The Kier molecular flexibility index (Phi) is 5.11. The van der Waals surface area contributed by atoms with E-state index in [-0.39, 0.29) is 11.9 Å². The number of nitrogens with one attached hydrogen (secondary N) is 1. The van der Waals surface area contributed by atoms with Gasteiger partial charge in [-0.2, -0.15) is 0 Å². The van der Waals surface area contributed by atoms with Crippen LogP contribution in [0.15, 0.2) is 54.9 Å². The number of fused-ring (bicyclic) bond motifs is 1. The van der Waals surface area contributed by atoms with Crippen molar-refractivity contribution >= 4 is 54.2 Å². The summed E-state index contributed by atoms with van der Waals surface area (Å²) in [6.45, 7) is 0.967. The molecule has 3 heterocycles. The largest absolute Gasteiger partial charge is 0.451 e. The number of rotatable bonds is 4. The molecule has 0 radical (unpaired) electrons. The molecule has 0 atom stereocenters. The third-order valence-electron chi connectivity index (χ3n) is 4.55. The van der Waals surface area contributed by atoms with Crippen LogP contribution in [0.3, 0.4) is 0 Å². The van der Waals surface area contributed by atoms with Crippen LogP contribution < -0.4 is 4.72 Å². The third-order valence-corrected chi connectivity index (χ3v) is 7.96. The minimum atomic E-state index is -3.49. The Balaban J connectivity index is 1.40. The summed E-state index contributed by atoms with van der Waals surface area (Å²) in [5.41, 5.74) is 0.667. The lowest BCUT2D eigenvalue weighted by atomic mass is 10.1. The smallest absolute Gasteiger partial charge is 0.289 e. The fraction of sp³-hybridized carbons (Fsp3) is 0.278. The molecule has 142 valence electrons. The van der Waals surface area contributed by atoms with Crippen LogP contribution in [-0.4, -0.2) is 38.4 Å². The van der Waals surface area contributed by atoms with E-state index in [0.29, 0.717) is 41.5 Å². The van der Waals surface area contributed by atoms with E-state index in [2.05, 4.69) is 20.7 Å². The number of hydrogen-bond acceptors (Lipinski definition) is 5. The van der Waals surface area contributed by atoms with Crippen LogP contribution in [0.5, 0.6) is 0 Å². The van der Waals surface area contributed by atoms with Gasteiger partial charge in [0.2, 0.25) is 10.0 Å². The van der Waals surface area contributed by atoms with E-state index in [1.165, 1.54) is 11.3 Å². The van der Waals surface area contributed by atoms with Crippen molar-refractivity contribution in [1.29, 1.82) is 0 Å². The number of halogens is 1. The maximum Gasteiger partial charge on any atom is 0.289 e. The first-order chi connectivity index (χ1) is 12.9. The molecule has 1 N–H and O–H groups in total. The van der Waals surface area contributed by atoms with E-state index in [1.54, 1.807) is 28.5 Å². The van der Waals surface area contributed by atoms with E-state index in [1.807, 2.05) is 18.2 Å². The summed E-state index contributed by atoms with van der Waals surface area (Å²) >= 11 is 4.60. The fourth-order valence-corrected chi connectivity index (χ4v) is 5.86. The molecule has 27 heavy (non-hydrogen) atoms. The number of carbonyl (C=O) groups is 1. The Morgan fingerprint density at radius 2 is 2.00 bits per heavy atom. The average Bonchev–Trinajstić information content (AvgIpc) is 3.31. The predicted molar refractivity (Wildman–Crippen MR) is 107 cm³/mol. The van der Waals surface area contributed by atoms with Gasteiger partial charge in [0.05, 0.1) is 0 Å². The molecule has 3 aromatic rings. The summed E-state index contributed by atoms with van der Waals surface area (Å²) < 4.78 is 34.3. The van der Waals surface area contributed by atoms with Crippen molar-refractivity contribution in [3.05, 3.63) is 52.0 Å². The summed E-state index contributed by atoms with van der Waals surface area (Å²) in [5, 5.41) is 2.60. The number of nitrogens with zero attached hydrogens (tertiary/aromatic N) is 1. The number of likely N-dealkylation sites (tertiary alicyclic amines) is 1. The Hall–Kier alpha value is -1.68. The van der Waals surface area contributed by atoms with Crippen LogP contribution in [0, 0.1) is 0 Å². The first-order valence-corrected chi connectivity index (χ1v) is 11.6. The average molecular weight is 469 g/mol. The molecular weight excluding hydrogens is 452 g/mol. The molecule has 1 aromatic carbocycles. The van der Waals surface area contributed by atoms with Gasteiger partial charge in [0.1, 0.15) is 9.79 Å². The first kappa shape index (κ1) is 18.7. The van der Waals surface area contributed by atoms with Gasteiger partial charge in [0, 0.05) is 29.0 Å². The molecule has 0 aliphatic carbocycles. The fourth-order valence-electron chi connectivity index (χ4n) is 3.17. The Bertz CT molecular complexity index is 1070. The van der Waals surface area contributed by atoms with E-state index in [9.17, 15) is 13.2 Å². The second kappa shape index (κ2) is 7.38. The molecule has 1 saturated heterocycles. The summed E-state index contributed by atoms with van der Waals surface area (Å²) in [6.07, 6.45) is 1.14. The molecule has 9 heteroatoms. The molecule has 1 amide bonds. The SMILES string of the molecule is O=C(c1cc2cc(Br)ccc2o1)N1CCC(NS(=O)(=O)c2cccs2)CC1. The zero-order chi connectivity index (χ0) is 19.0. The second-order valence-electron chi connectivity index (χ2n) is 6.41. The number of furan rings is 1. The van der Waals surface area contributed by atoms with Crippen molar-refractivity contribution in [3.8, 4) is 0 Å². The van der Waals surface area contributed by atoms with Crippen molar-refractivity contribution < 1.29 is 17.6 Å². The zero-order valence-corrected chi connectivity index (χ0v) is 17.4. The van der Waals surface area contributed by atoms with Crippen molar-refractivity contribution in [2.75, 3.05) is 13.1 Å². The molecule has 0 spiro atoms. The minimum Gasteiger partial charge on any atom is -0.451 e. The lowest BCUT2D eigenvalue weighted by Gasteiger charge is -2.31. The number of thiophene rings is 1. The van der Waals surface area contributed by atoms with Gasteiger partial charge in [-0.25, -0.2) is 13.1 Å². The lowest BCUT2D eigenvalue weighted by Crippen LogP contribution is -2.46. The van der Waals surface area contributed by atoms with E-state index < -0.39 is 10.0 Å². The molecule has 4 rings (SSSR count). The van der Waals surface area contributed by atoms with Gasteiger partial charge in [0.15, 0.2) is 5.76 Å². The minimum absolute atomic E-state index is 0.165. The molecule has 0 unspecified atom stereocenters. The predicted octanol–water partition coefficient (Wildman–Crippen LogP) is 3.84. The highest BCUT2D eigenvalue weighted by molar-refractivity contribution is 9.10. The van der Waals surface area contributed by atoms with Gasteiger partial charge in [0.25, 0.3) is 5.91 Å². The number of hydrogen-bond donors (Lipinski definition) is 1. The van der Waals surface area contributed by atoms with Crippen LogP contribution in [-0.2, 0) is 10.0 Å². The Morgan fingerprint density at radius 1 is 1.22 bits per heavy atom. The molecule has 1 fully saturated rings. The summed E-state index contributed by atoms with van der Waals surface area (Å²) in [4.78, 5) is 14.4. The number of amides is 1. The Labute approximate surface area is 169 Å². The molecule has 1 aliphatic heterocycles. The standard InChI is InChI=1S/C18H17BrN2O4S2/c19-13-3-4-15-12(10-13)11-16(25-15)18(22)21-7-5-14(6-8-21)20-27(23,24)17-2-1-9-26-17/h1-4,9-11,14,20H,5-8H2. The highest BCUT2D eigenvalue weighted by Crippen LogP contribution is 2.25. The number of sulfonamides is 1. The van der Waals surface area contributed by atoms with Crippen LogP contribution in [0.1, 0.15) is 23.4 Å². The normalized spacial score (nSPS) is 16.1. The summed E-state index contributed by atoms with van der Waals surface area (Å²) in [5.74, 6) is 0.141. The number of carbonyl (C=O) groups excluding carboxylic acids is 1. The van der Waals surface area contributed by atoms with Gasteiger partial charge < -0.3 is 9.32 Å². The molecular formula is C18H17BrN2O4S2. The third kappa shape index (κ3) is 3.96. The van der Waals surface area contributed by atoms with E-state index in [0.717, 1.165) is 9.86 Å². The zero-order valence-electron chi connectivity index (χ0n) is 14.2. The van der Waals surface area contributed by atoms with Crippen molar-refractivity contribution in [1.82, 2.24) is 9.62 Å². The highest BCUT2D eigenvalue weighted by Gasteiger charge is 2.28. The first-order valence-electron chi connectivity index (χ1n) is 8.46. The van der Waals surface area contributed by atoms with Crippen LogP contribution in [0.2, 0.25) is 0 Å².